The van der Waals surface area contributed by atoms with Crippen LogP contribution in [0.25, 0.3) is 11.1 Å². The Bertz CT molecular complexity index is 1610. The quantitative estimate of drug-likeness (QED) is 0.194. The van der Waals surface area contributed by atoms with Crippen LogP contribution < -0.4 is 4.90 Å². The van der Waals surface area contributed by atoms with E-state index in [1.54, 1.807) is 29.2 Å². The molecule has 1 fully saturated rings. The third kappa shape index (κ3) is 5.42. The van der Waals surface area contributed by atoms with E-state index in [2.05, 4.69) is 0 Å². The Kier molecular flexibility index (Phi) is 7.22. The third-order valence-electron chi connectivity index (χ3n) is 7.06. The van der Waals surface area contributed by atoms with Gasteiger partial charge in [0.25, 0.3) is 10.1 Å². The lowest BCUT2D eigenvalue weighted by atomic mass is 9.78. The Morgan fingerprint density at radius 3 is 2.26 bits per heavy atom. The number of hydrogen-bond donors (Lipinski definition) is 3. The number of aliphatic hydroxyl groups excluding tert-OH is 1. The Morgan fingerprint density at radius 2 is 1.62 bits per heavy atom. The summed E-state index contributed by atoms with van der Waals surface area (Å²) in [6.07, 6.45) is -0.325. The van der Waals surface area contributed by atoms with Crippen LogP contribution in [0.2, 0.25) is 0 Å². The van der Waals surface area contributed by atoms with Crippen molar-refractivity contribution in [2.24, 2.45) is 5.92 Å². The fourth-order valence-corrected chi connectivity index (χ4v) is 5.57. The number of halogens is 1. The molecule has 0 aliphatic carbocycles. The van der Waals surface area contributed by atoms with E-state index < -0.39 is 34.0 Å². The summed E-state index contributed by atoms with van der Waals surface area (Å²) in [5.41, 5.74) is 2.85. The minimum Gasteiger partial charge on any atom is -0.507 e. The highest BCUT2D eigenvalue weighted by Crippen LogP contribution is 2.47. The van der Waals surface area contributed by atoms with E-state index in [-0.39, 0.29) is 23.0 Å². The number of aliphatic hydroxyl groups is 1. The summed E-state index contributed by atoms with van der Waals surface area (Å²) in [5, 5.41) is 21.5. The van der Waals surface area contributed by atoms with Crippen LogP contribution in [-0.4, -0.2) is 29.1 Å². The molecule has 4 aromatic rings. The Morgan fingerprint density at radius 1 is 0.897 bits per heavy atom. The highest BCUT2D eigenvalue weighted by Gasteiger charge is 2.48. The van der Waals surface area contributed by atoms with Crippen LogP contribution in [0, 0.1) is 11.7 Å². The lowest BCUT2D eigenvalue weighted by molar-refractivity contribution is -0.131. The summed E-state index contributed by atoms with van der Waals surface area (Å²) in [6.45, 7) is 0. The van der Waals surface area contributed by atoms with Crippen molar-refractivity contribution in [1.82, 2.24) is 0 Å². The molecule has 0 radical (unpaired) electrons. The molecule has 0 spiro atoms. The molecule has 5 rings (SSSR count). The molecular weight excluding hydrogens is 521 g/mol. The van der Waals surface area contributed by atoms with Crippen molar-refractivity contribution in [3.05, 3.63) is 114 Å². The van der Waals surface area contributed by atoms with Gasteiger partial charge in [-0.15, -0.1) is 0 Å². The summed E-state index contributed by atoms with van der Waals surface area (Å²) >= 11 is 0. The molecule has 39 heavy (non-hydrogen) atoms. The first-order valence-electron chi connectivity index (χ1n) is 12.4. The molecule has 200 valence electrons. The Labute approximate surface area is 225 Å². The third-order valence-corrected chi connectivity index (χ3v) is 7.93. The van der Waals surface area contributed by atoms with Gasteiger partial charge in [-0.05, 0) is 72.0 Å². The second-order valence-corrected chi connectivity index (χ2v) is 10.9. The molecule has 0 unspecified atom stereocenters. The van der Waals surface area contributed by atoms with Gasteiger partial charge in [0.15, 0.2) is 0 Å². The van der Waals surface area contributed by atoms with E-state index in [4.69, 9.17) is 0 Å². The van der Waals surface area contributed by atoms with E-state index in [0.29, 0.717) is 34.4 Å². The zero-order valence-electron chi connectivity index (χ0n) is 20.7. The van der Waals surface area contributed by atoms with Crippen LogP contribution in [-0.2, 0) is 14.9 Å². The first-order chi connectivity index (χ1) is 18.6. The maximum Gasteiger partial charge on any atom is 0.294 e. The van der Waals surface area contributed by atoms with E-state index in [1.165, 1.54) is 42.5 Å². The molecule has 1 aliphatic rings. The van der Waals surface area contributed by atoms with Gasteiger partial charge < -0.3 is 15.1 Å². The van der Waals surface area contributed by atoms with Gasteiger partial charge in [0, 0.05) is 11.3 Å². The molecule has 9 heteroatoms. The smallest absolute Gasteiger partial charge is 0.294 e. The minimum atomic E-state index is -4.34. The normalized spacial score (nSPS) is 18.0. The number of carbonyl (C=O) groups excluding carboxylic acids is 1. The molecule has 7 nitrogen and oxygen atoms in total. The van der Waals surface area contributed by atoms with Crippen molar-refractivity contribution in [3.8, 4) is 16.9 Å². The molecular formula is C30H26FNO6S. The molecule has 1 heterocycles. The molecule has 4 aromatic carbocycles. The molecule has 0 saturated carbocycles. The number of β-lactam (4-membered cyclic amide) rings is 1. The number of phenolic OH excluding ortho intramolecular Hbond substituents is 1. The lowest BCUT2D eigenvalue weighted by Gasteiger charge is -2.48. The van der Waals surface area contributed by atoms with Gasteiger partial charge in [-0.2, -0.15) is 8.42 Å². The number of hydrogen-bond acceptors (Lipinski definition) is 5. The predicted octanol–water partition coefficient (Wildman–Crippen LogP) is 5.66. The standard InChI is InChI=1S/C30H26FNO6S/c31-22-6-4-5-20(17-22)27(33)16-15-26-29(32(30(26)35)23-7-2-1-3-8-23)21-11-14-25(28(34)18-21)19-9-12-24(13-10-19)39(36,37)38/h1-14,17-18,26-27,29,33-34H,15-16H2,(H,36,37,38)/t26-,27+,29-/m1/s1. The van der Waals surface area contributed by atoms with Gasteiger partial charge in [-0.25, -0.2) is 4.39 Å². The van der Waals surface area contributed by atoms with Gasteiger partial charge in [0.2, 0.25) is 5.91 Å². The second-order valence-electron chi connectivity index (χ2n) is 9.52. The minimum absolute atomic E-state index is 0.0574. The van der Waals surface area contributed by atoms with Crippen LogP contribution in [0.1, 0.15) is 36.1 Å². The van der Waals surface area contributed by atoms with Crippen LogP contribution in [0.4, 0.5) is 10.1 Å². The zero-order chi connectivity index (χ0) is 27.7. The maximum atomic E-state index is 13.6. The number of rotatable bonds is 8. The van der Waals surface area contributed by atoms with Crippen LogP contribution in [0.3, 0.4) is 0 Å². The molecule has 0 aromatic heterocycles. The van der Waals surface area contributed by atoms with Gasteiger partial charge in [-0.1, -0.05) is 54.6 Å². The van der Waals surface area contributed by atoms with Crippen molar-refractivity contribution in [2.45, 2.75) is 29.9 Å². The maximum absolute atomic E-state index is 13.6. The van der Waals surface area contributed by atoms with Crippen molar-refractivity contribution in [2.75, 3.05) is 4.90 Å². The molecule has 1 aliphatic heterocycles. The monoisotopic (exact) mass is 547 g/mol. The fraction of sp³-hybridized carbons (Fsp3) is 0.167. The number of nitrogens with zero attached hydrogens (tertiary/aromatic N) is 1. The number of anilines is 1. The van der Waals surface area contributed by atoms with Crippen molar-refractivity contribution < 1.29 is 32.4 Å². The van der Waals surface area contributed by atoms with Crippen LogP contribution >= 0.6 is 0 Å². The second kappa shape index (κ2) is 10.6. The van der Waals surface area contributed by atoms with Crippen molar-refractivity contribution >= 4 is 21.7 Å². The van der Waals surface area contributed by atoms with Gasteiger partial charge in [-0.3, -0.25) is 9.35 Å². The van der Waals surface area contributed by atoms with E-state index >= 15 is 0 Å². The largest absolute Gasteiger partial charge is 0.507 e. The highest BCUT2D eigenvalue weighted by molar-refractivity contribution is 7.85. The van der Waals surface area contributed by atoms with Crippen molar-refractivity contribution in [1.29, 1.82) is 0 Å². The highest BCUT2D eigenvalue weighted by atomic mass is 32.2. The first kappa shape index (κ1) is 26.6. The van der Waals surface area contributed by atoms with Crippen molar-refractivity contribution in [3.63, 3.8) is 0 Å². The average Bonchev–Trinajstić information content (AvgIpc) is 2.91. The number of carbonyl (C=O) groups is 1. The van der Waals surface area contributed by atoms with E-state index in [0.717, 1.165) is 0 Å². The molecule has 3 atom stereocenters. The summed E-state index contributed by atoms with van der Waals surface area (Å²) < 4.78 is 45.5. The number of aromatic hydroxyl groups is 1. The van der Waals surface area contributed by atoms with Gasteiger partial charge in [0.05, 0.1) is 23.0 Å². The van der Waals surface area contributed by atoms with Crippen LogP contribution in [0.15, 0.2) is 102 Å². The number of benzene rings is 4. The van der Waals surface area contributed by atoms with E-state index in [9.17, 15) is 32.4 Å². The Balaban J connectivity index is 1.42. The SMILES string of the molecule is O=C1[C@H](CC[C@H](O)c2cccc(F)c2)[C@@H](c2ccc(-c3ccc(S(=O)(=O)O)cc3)c(O)c2)N1c1ccccc1. The summed E-state index contributed by atoms with van der Waals surface area (Å²) in [5.74, 6) is -1.07. The van der Waals surface area contributed by atoms with Crippen LogP contribution in [0.5, 0.6) is 5.75 Å². The average molecular weight is 548 g/mol. The summed E-state index contributed by atoms with van der Waals surface area (Å²) in [6, 6.07) is 25.1. The summed E-state index contributed by atoms with van der Waals surface area (Å²) in [4.78, 5) is 14.7. The lowest BCUT2D eigenvalue weighted by Crippen LogP contribution is -2.55. The number of phenols is 1. The summed E-state index contributed by atoms with van der Waals surface area (Å²) in [7, 11) is -4.34. The number of amides is 1. The van der Waals surface area contributed by atoms with E-state index in [1.807, 2.05) is 30.3 Å². The van der Waals surface area contributed by atoms with Gasteiger partial charge in [0.1, 0.15) is 11.6 Å². The fourth-order valence-electron chi connectivity index (χ4n) is 5.09. The predicted molar refractivity (Wildman–Crippen MR) is 144 cm³/mol. The Hall–Kier alpha value is -4.05. The molecule has 1 amide bonds. The molecule has 0 bridgehead atoms. The number of para-hydroxylation sites is 1. The first-order valence-corrected chi connectivity index (χ1v) is 13.8. The molecule has 3 N–H and O–H groups in total. The topological polar surface area (TPSA) is 115 Å². The zero-order valence-corrected chi connectivity index (χ0v) is 21.5. The molecule has 1 saturated heterocycles. The van der Waals surface area contributed by atoms with Gasteiger partial charge >= 0.3 is 0 Å².